The summed E-state index contributed by atoms with van der Waals surface area (Å²) in [7, 11) is 1.63. The van der Waals surface area contributed by atoms with E-state index in [9.17, 15) is 4.79 Å². The van der Waals surface area contributed by atoms with Crippen molar-refractivity contribution in [3.63, 3.8) is 0 Å². The van der Waals surface area contributed by atoms with Crippen LogP contribution in [0.25, 0.3) is 10.2 Å². The lowest BCUT2D eigenvalue weighted by Gasteiger charge is -2.22. The lowest BCUT2D eigenvalue weighted by atomic mass is 10.1. The molecule has 1 amide bonds. The molecule has 2 aromatic carbocycles. The van der Waals surface area contributed by atoms with E-state index in [-0.39, 0.29) is 5.91 Å². The van der Waals surface area contributed by atoms with Gasteiger partial charge in [-0.1, -0.05) is 23.5 Å². The van der Waals surface area contributed by atoms with Crippen LogP contribution in [0.4, 0.5) is 10.8 Å². The van der Waals surface area contributed by atoms with Crippen molar-refractivity contribution in [2.45, 2.75) is 20.4 Å². The number of anilines is 2. The van der Waals surface area contributed by atoms with Crippen LogP contribution in [0.1, 0.15) is 29.8 Å². The number of hydrogen-bond donors (Lipinski definition) is 0. The summed E-state index contributed by atoms with van der Waals surface area (Å²) in [4.78, 5) is 26.6. The molecule has 0 atom stereocenters. The maximum atomic E-state index is 13.6. The first-order chi connectivity index (χ1) is 15.6. The number of rotatable bonds is 8. The smallest absolute Gasteiger partial charge is 0.260 e. The molecule has 0 aliphatic heterocycles. The van der Waals surface area contributed by atoms with Crippen molar-refractivity contribution in [3.8, 4) is 5.75 Å². The summed E-state index contributed by atoms with van der Waals surface area (Å²) >= 11 is 1.48. The third-order valence-electron chi connectivity index (χ3n) is 5.37. The summed E-state index contributed by atoms with van der Waals surface area (Å²) in [5.74, 6) is 0.598. The van der Waals surface area contributed by atoms with Crippen molar-refractivity contribution in [2.75, 3.05) is 30.0 Å². The van der Waals surface area contributed by atoms with Crippen molar-refractivity contribution in [1.82, 2.24) is 9.97 Å². The zero-order valence-corrected chi connectivity index (χ0v) is 19.3. The number of methoxy groups -OCH3 is 1. The number of amides is 1. The molecule has 4 rings (SSSR count). The Hall–Kier alpha value is -3.45. The number of nitrogens with zero attached hydrogens (tertiary/aromatic N) is 4. The van der Waals surface area contributed by atoms with Gasteiger partial charge < -0.3 is 9.64 Å². The van der Waals surface area contributed by atoms with Gasteiger partial charge in [-0.15, -0.1) is 0 Å². The van der Waals surface area contributed by atoms with E-state index >= 15 is 0 Å². The van der Waals surface area contributed by atoms with Crippen LogP contribution in [-0.4, -0.2) is 36.1 Å². The van der Waals surface area contributed by atoms with E-state index in [1.54, 1.807) is 24.4 Å². The molecule has 0 spiro atoms. The number of para-hydroxylation sites is 1. The molecular weight excluding hydrogens is 420 g/mol. The minimum absolute atomic E-state index is 0.0991. The van der Waals surface area contributed by atoms with Gasteiger partial charge in [0, 0.05) is 36.7 Å². The number of hydrogen-bond acceptors (Lipinski definition) is 6. The number of thiazole rings is 1. The molecule has 0 aliphatic carbocycles. The van der Waals surface area contributed by atoms with E-state index in [1.165, 1.54) is 11.3 Å². The second-order valence-electron chi connectivity index (χ2n) is 7.28. The fourth-order valence-electron chi connectivity index (χ4n) is 3.65. The van der Waals surface area contributed by atoms with Crippen LogP contribution >= 0.6 is 11.3 Å². The first kappa shape index (κ1) is 21.8. The van der Waals surface area contributed by atoms with E-state index in [4.69, 9.17) is 9.72 Å². The monoisotopic (exact) mass is 446 g/mol. The number of aromatic nitrogens is 2. The Morgan fingerprint density at radius 1 is 1.03 bits per heavy atom. The highest BCUT2D eigenvalue weighted by Crippen LogP contribution is 2.35. The van der Waals surface area contributed by atoms with Crippen LogP contribution in [0.2, 0.25) is 0 Å². The standard InChI is InChI=1S/C25H26N4O2S/c1-4-28(5-2)20-13-11-19(12-14-20)24(30)29(17-18-8-7-15-26-16-18)25-27-23-21(31-3)9-6-10-22(23)32-25/h6-16H,4-5,17H2,1-3H3. The van der Waals surface area contributed by atoms with Gasteiger partial charge in [0.15, 0.2) is 5.13 Å². The van der Waals surface area contributed by atoms with Gasteiger partial charge in [-0.25, -0.2) is 4.98 Å². The molecule has 7 heteroatoms. The molecule has 164 valence electrons. The van der Waals surface area contributed by atoms with Crippen molar-refractivity contribution in [1.29, 1.82) is 0 Å². The minimum atomic E-state index is -0.0991. The van der Waals surface area contributed by atoms with Gasteiger partial charge in [-0.2, -0.15) is 0 Å². The van der Waals surface area contributed by atoms with Crippen molar-refractivity contribution >= 4 is 38.3 Å². The van der Waals surface area contributed by atoms with Crippen LogP contribution in [0.3, 0.4) is 0 Å². The normalized spacial score (nSPS) is 10.8. The molecule has 0 radical (unpaired) electrons. The van der Waals surface area contributed by atoms with Crippen LogP contribution < -0.4 is 14.5 Å². The van der Waals surface area contributed by atoms with Gasteiger partial charge >= 0.3 is 0 Å². The molecule has 0 aliphatic rings. The summed E-state index contributed by atoms with van der Waals surface area (Å²) in [5.41, 5.74) is 3.42. The van der Waals surface area contributed by atoms with Gasteiger partial charge in [0.05, 0.1) is 18.4 Å². The molecule has 0 bridgehead atoms. The summed E-state index contributed by atoms with van der Waals surface area (Å²) in [6.07, 6.45) is 3.50. The topological polar surface area (TPSA) is 58.6 Å². The summed E-state index contributed by atoms with van der Waals surface area (Å²) in [6, 6.07) is 17.4. The lowest BCUT2D eigenvalue weighted by molar-refractivity contribution is 0.0985. The summed E-state index contributed by atoms with van der Waals surface area (Å²) < 4.78 is 6.44. The molecule has 4 aromatic rings. The number of pyridine rings is 1. The van der Waals surface area contributed by atoms with Crippen molar-refractivity contribution < 1.29 is 9.53 Å². The number of carbonyl (C=O) groups excluding carboxylic acids is 1. The summed E-state index contributed by atoms with van der Waals surface area (Å²) in [5, 5.41) is 0.631. The van der Waals surface area contributed by atoms with Gasteiger partial charge in [-0.05, 0) is 61.9 Å². The maximum absolute atomic E-state index is 13.6. The van der Waals surface area contributed by atoms with E-state index in [1.807, 2.05) is 54.6 Å². The number of fused-ring (bicyclic) bond motifs is 1. The Balaban J connectivity index is 1.72. The maximum Gasteiger partial charge on any atom is 0.260 e. The SMILES string of the molecule is CCN(CC)c1ccc(C(=O)N(Cc2cccnc2)c2nc3c(OC)cccc3s2)cc1. The average molecular weight is 447 g/mol. The first-order valence-corrected chi connectivity index (χ1v) is 11.5. The Morgan fingerprint density at radius 2 is 1.81 bits per heavy atom. The van der Waals surface area contributed by atoms with Gasteiger partial charge in [0.25, 0.3) is 5.91 Å². The van der Waals surface area contributed by atoms with Crippen LogP contribution in [0.15, 0.2) is 67.0 Å². The molecule has 0 N–H and O–H groups in total. The number of benzene rings is 2. The highest BCUT2D eigenvalue weighted by Gasteiger charge is 2.23. The molecule has 6 nitrogen and oxygen atoms in total. The average Bonchev–Trinajstić information content (AvgIpc) is 3.28. The van der Waals surface area contributed by atoms with Gasteiger partial charge in [0.1, 0.15) is 11.3 Å². The molecule has 0 fully saturated rings. The van der Waals surface area contributed by atoms with Gasteiger partial charge in [-0.3, -0.25) is 14.7 Å². The Labute approximate surface area is 192 Å². The Morgan fingerprint density at radius 3 is 2.47 bits per heavy atom. The molecule has 2 aromatic heterocycles. The quantitative estimate of drug-likeness (QED) is 0.363. The van der Waals surface area contributed by atoms with Crippen LogP contribution in [0.5, 0.6) is 5.75 Å². The molecule has 2 heterocycles. The number of ether oxygens (including phenoxy) is 1. The Kier molecular flexibility index (Phi) is 6.66. The van der Waals surface area contributed by atoms with E-state index in [2.05, 4.69) is 23.7 Å². The lowest BCUT2D eigenvalue weighted by Crippen LogP contribution is -2.30. The predicted molar refractivity (Wildman–Crippen MR) is 131 cm³/mol. The zero-order valence-electron chi connectivity index (χ0n) is 18.5. The van der Waals surface area contributed by atoms with E-state index in [0.29, 0.717) is 23.0 Å². The molecule has 0 unspecified atom stereocenters. The second-order valence-corrected chi connectivity index (χ2v) is 8.28. The predicted octanol–water partition coefficient (Wildman–Crippen LogP) is 5.39. The molecule has 0 saturated carbocycles. The van der Waals surface area contributed by atoms with Crippen LogP contribution in [-0.2, 0) is 6.54 Å². The van der Waals surface area contributed by atoms with Crippen LogP contribution in [0, 0.1) is 0 Å². The number of carbonyl (C=O) groups is 1. The van der Waals surface area contributed by atoms with E-state index in [0.717, 1.165) is 34.6 Å². The highest BCUT2D eigenvalue weighted by atomic mass is 32.1. The minimum Gasteiger partial charge on any atom is -0.494 e. The summed E-state index contributed by atoms with van der Waals surface area (Å²) in [6.45, 7) is 6.47. The fourth-order valence-corrected chi connectivity index (χ4v) is 4.63. The van der Waals surface area contributed by atoms with Crippen molar-refractivity contribution in [3.05, 3.63) is 78.1 Å². The highest BCUT2D eigenvalue weighted by molar-refractivity contribution is 7.22. The largest absolute Gasteiger partial charge is 0.494 e. The van der Waals surface area contributed by atoms with Gasteiger partial charge in [0.2, 0.25) is 0 Å². The fraction of sp³-hybridized carbons (Fsp3) is 0.240. The molecule has 32 heavy (non-hydrogen) atoms. The third kappa shape index (κ3) is 4.43. The van der Waals surface area contributed by atoms with E-state index < -0.39 is 0 Å². The molecular formula is C25H26N4O2S. The second kappa shape index (κ2) is 9.78. The third-order valence-corrected chi connectivity index (χ3v) is 6.42. The Bertz CT molecular complexity index is 1190. The zero-order chi connectivity index (χ0) is 22.5. The first-order valence-electron chi connectivity index (χ1n) is 10.6. The molecule has 0 saturated heterocycles. The van der Waals surface area contributed by atoms with Crippen molar-refractivity contribution in [2.24, 2.45) is 0 Å².